The molecule has 0 saturated carbocycles. The molecule has 0 unspecified atom stereocenters. The standard InChI is InChI=1S/C19H17FN4O2/c20-17-2-1-3-18(16(17)12-22)23-10-11-24-19(25)13-26-15-6-4-14(5-7-15)8-9-21/h1-7,23H,8,10-11,13H2,(H,24,25). The first kappa shape index (κ1) is 18.8. The van der Waals surface area contributed by atoms with Crippen LogP contribution in [0.3, 0.4) is 0 Å². The van der Waals surface area contributed by atoms with E-state index in [4.69, 9.17) is 15.3 Å². The van der Waals surface area contributed by atoms with Crippen LogP contribution in [0.1, 0.15) is 11.1 Å². The molecule has 0 radical (unpaired) electrons. The third kappa shape index (κ3) is 5.50. The van der Waals surface area contributed by atoms with Crippen LogP contribution in [0, 0.1) is 28.5 Å². The molecule has 0 aliphatic carbocycles. The van der Waals surface area contributed by atoms with Crippen molar-refractivity contribution in [1.29, 1.82) is 10.5 Å². The van der Waals surface area contributed by atoms with Gasteiger partial charge in [-0.3, -0.25) is 4.79 Å². The summed E-state index contributed by atoms with van der Waals surface area (Å²) in [5.74, 6) is -0.346. The Morgan fingerprint density at radius 1 is 1.12 bits per heavy atom. The number of benzene rings is 2. The number of hydrogen-bond acceptors (Lipinski definition) is 5. The Morgan fingerprint density at radius 3 is 2.58 bits per heavy atom. The van der Waals surface area contributed by atoms with Gasteiger partial charge in [0.25, 0.3) is 5.91 Å². The SMILES string of the molecule is N#CCc1ccc(OCC(=O)NCCNc2cccc(F)c2C#N)cc1. The third-order valence-electron chi connectivity index (χ3n) is 3.46. The van der Waals surface area contributed by atoms with E-state index in [1.165, 1.54) is 12.1 Å². The largest absolute Gasteiger partial charge is 0.484 e. The van der Waals surface area contributed by atoms with E-state index in [1.807, 2.05) is 0 Å². The van der Waals surface area contributed by atoms with E-state index in [1.54, 1.807) is 36.4 Å². The molecule has 2 N–H and O–H groups in total. The zero-order chi connectivity index (χ0) is 18.8. The fourth-order valence-corrected chi connectivity index (χ4v) is 2.18. The van der Waals surface area contributed by atoms with Crippen molar-refractivity contribution in [3.8, 4) is 17.9 Å². The van der Waals surface area contributed by atoms with Gasteiger partial charge in [-0.15, -0.1) is 0 Å². The van der Waals surface area contributed by atoms with Gasteiger partial charge in [0.1, 0.15) is 23.2 Å². The minimum atomic E-state index is -0.587. The quantitative estimate of drug-likeness (QED) is 0.711. The van der Waals surface area contributed by atoms with Crippen molar-refractivity contribution in [3.63, 3.8) is 0 Å². The molecule has 2 aromatic carbocycles. The fourth-order valence-electron chi connectivity index (χ4n) is 2.18. The number of rotatable bonds is 8. The van der Waals surface area contributed by atoms with Crippen LogP contribution in [0.2, 0.25) is 0 Å². The predicted octanol–water partition coefficient (Wildman–Crippen LogP) is 2.37. The molecule has 26 heavy (non-hydrogen) atoms. The molecule has 7 heteroatoms. The molecule has 6 nitrogen and oxygen atoms in total. The molecule has 2 aromatic rings. The lowest BCUT2D eigenvalue weighted by molar-refractivity contribution is -0.123. The average molecular weight is 352 g/mol. The molecule has 0 fully saturated rings. The molecule has 0 aliphatic heterocycles. The maximum Gasteiger partial charge on any atom is 0.258 e. The molecule has 132 valence electrons. The zero-order valence-electron chi connectivity index (χ0n) is 14.0. The van der Waals surface area contributed by atoms with E-state index in [0.29, 0.717) is 30.9 Å². The van der Waals surface area contributed by atoms with Gasteiger partial charge in [-0.25, -0.2) is 4.39 Å². The van der Waals surface area contributed by atoms with Crippen LogP contribution in [-0.4, -0.2) is 25.6 Å². The predicted molar refractivity (Wildman–Crippen MR) is 93.9 cm³/mol. The summed E-state index contributed by atoms with van der Waals surface area (Å²) in [7, 11) is 0. The molecule has 0 bridgehead atoms. The number of nitriles is 2. The molecule has 2 rings (SSSR count). The minimum absolute atomic E-state index is 0.0537. The summed E-state index contributed by atoms with van der Waals surface area (Å²) < 4.78 is 18.8. The average Bonchev–Trinajstić information content (AvgIpc) is 2.65. The van der Waals surface area contributed by atoms with E-state index >= 15 is 0 Å². The van der Waals surface area contributed by atoms with E-state index in [-0.39, 0.29) is 18.1 Å². The van der Waals surface area contributed by atoms with Crippen LogP contribution in [-0.2, 0) is 11.2 Å². The normalized spacial score (nSPS) is 9.65. The number of anilines is 1. The van der Waals surface area contributed by atoms with Gasteiger partial charge in [0.2, 0.25) is 0 Å². The van der Waals surface area contributed by atoms with Crippen molar-refractivity contribution in [2.45, 2.75) is 6.42 Å². The summed E-state index contributed by atoms with van der Waals surface area (Å²) in [6.07, 6.45) is 0.326. The second kappa shape index (κ2) is 9.65. The number of nitrogens with one attached hydrogen (secondary N) is 2. The first-order chi connectivity index (χ1) is 12.6. The summed E-state index contributed by atoms with van der Waals surface area (Å²) in [5.41, 5.74) is 1.21. The summed E-state index contributed by atoms with van der Waals surface area (Å²) in [6.45, 7) is 0.498. The van der Waals surface area contributed by atoms with Crippen LogP contribution in [0.25, 0.3) is 0 Å². The van der Waals surface area contributed by atoms with Crippen molar-refractivity contribution in [1.82, 2.24) is 5.32 Å². The van der Waals surface area contributed by atoms with Gasteiger partial charge in [0.05, 0.1) is 18.2 Å². The van der Waals surface area contributed by atoms with Crippen molar-refractivity contribution in [2.24, 2.45) is 0 Å². The molecule has 0 saturated heterocycles. The molecule has 0 aromatic heterocycles. The fraction of sp³-hybridized carbons (Fsp3) is 0.211. The Bertz CT molecular complexity index is 838. The van der Waals surface area contributed by atoms with Crippen molar-refractivity contribution >= 4 is 11.6 Å². The zero-order valence-corrected chi connectivity index (χ0v) is 14.0. The summed E-state index contributed by atoms with van der Waals surface area (Å²) >= 11 is 0. The third-order valence-corrected chi connectivity index (χ3v) is 3.46. The Morgan fingerprint density at radius 2 is 1.88 bits per heavy atom. The summed E-state index contributed by atoms with van der Waals surface area (Å²) in [6, 6.07) is 15.1. The molecule has 0 atom stereocenters. The molecule has 0 aliphatic rings. The van der Waals surface area contributed by atoms with E-state index in [9.17, 15) is 9.18 Å². The molecular weight excluding hydrogens is 335 g/mol. The number of ether oxygens (including phenoxy) is 1. The topological polar surface area (TPSA) is 97.9 Å². The van der Waals surface area contributed by atoms with Gasteiger partial charge in [-0.1, -0.05) is 18.2 Å². The van der Waals surface area contributed by atoms with Gasteiger partial charge in [-0.2, -0.15) is 10.5 Å². The Labute approximate surface area is 150 Å². The van der Waals surface area contributed by atoms with Crippen LogP contribution < -0.4 is 15.4 Å². The molecule has 0 spiro atoms. The Balaban J connectivity index is 1.70. The lowest BCUT2D eigenvalue weighted by Crippen LogP contribution is -2.32. The lowest BCUT2D eigenvalue weighted by atomic mass is 10.2. The highest BCUT2D eigenvalue weighted by Gasteiger charge is 2.07. The van der Waals surface area contributed by atoms with E-state index in [0.717, 1.165) is 5.56 Å². The van der Waals surface area contributed by atoms with Crippen molar-refractivity contribution in [3.05, 3.63) is 59.4 Å². The van der Waals surface area contributed by atoms with Crippen LogP contribution in [0.15, 0.2) is 42.5 Å². The number of carbonyl (C=O) groups excluding carboxylic acids is 1. The molecule has 0 heterocycles. The molecular formula is C19H17FN4O2. The van der Waals surface area contributed by atoms with Gasteiger partial charge in [0.15, 0.2) is 6.61 Å². The smallest absolute Gasteiger partial charge is 0.258 e. The van der Waals surface area contributed by atoms with Crippen LogP contribution in [0.5, 0.6) is 5.75 Å². The van der Waals surface area contributed by atoms with Gasteiger partial charge >= 0.3 is 0 Å². The maximum absolute atomic E-state index is 13.5. The Kier molecular flexibility index (Phi) is 6.96. The number of amides is 1. The number of halogens is 1. The highest BCUT2D eigenvalue weighted by molar-refractivity contribution is 5.77. The van der Waals surface area contributed by atoms with Gasteiger partial charge in [0, 0.05) is 13.1 Å². The van der Waals surface area contributed by atoms with Crippen LogP contribution >= 0.6 is 0 Å². The number of nitrogens with zero attached hydrogens (tertiary/aromatic N) is 2. The second-order valence-electron chi connectivity index (χ2n) is 5.32. The highest BCUT2D eigenvalue weighted by Crippen LogP contribution is 2.17. The van der Waals surface area contributed by atoms with Gasteiger partial charge in [-0.05, 0) is 29.8 Å². The summed E-state index contributed by atoms with van der Waals surface area (Å²) in [4.78, 5) is 11.8. The molecule has 1 amide bonds. The first-order valence-corrected chi connectivity index (χ1v) is 7.92. The van der Waals surface area contributed by atoms with Crippen LogP contribution in [0.4, 0.5) is 10.1 Å². The number of carbonyl (C=O) groups is 1. The van der Waals surface area contributed by atoms with Gasteiger partial charge < -0.3 is 15.4 Å². The van der Waals surface area contributed by atoms with Crippen molar-refractivity contribution < 1.29 is 13.9 Å². The number of hydrogen-bond donors (Lipinski definition) is 2. The highest BCUT2D eigenvalue weighted by atomic mass is 19.1. The second-order valence-corrected chi connectivity index (χ2v) is 5.32. The van der Waals surface area contributed by atoms with Crippen molar-refractivity contribution in [2.75, 3.05) is 25.0 Å². The lowest BCUT2D eigenvalue weighted by Gasteiger charge is -2.10. The Hall–Kier alpha value is -3.58. The van der Waals surface area contributed by atoms with E-state index < -0.39 is 5.82 Å². The minimum Gasteiger partial charge on any atom is -0.484 e. The summed E-state index contributed by atoms with van der Waals surface area (Å²) in [5, 5.41) is 23.1. The monoisotopic (exact) mass is 352 g/mol. The maximum atomic E-state index is 13.5. The first-order valence-electron chi connectivity index (χ1n) is 7.92. The van der Waals surface area contributed by atoms with E-state index in [2.05, 4.69) is 16.7 Å².